The van der Waals surface area contributed by atoms with E-state index in [1.165, 1.54) is 15.0 Å². The third-order valence-corrected chi connectivity index (χ3v) is 7.31. The Bertz CT molecular complexity index is 1500. The zero-order valence-corrected chi connectivity index (χ0v) is 25.3. The van der Waals surface area contributed by atoms with Gasteiger partial charge in [-0.2, -0.15) is 5.10 Å². The van der Waals surface area contributed by atoms with Crippen LogP contribution in [0.2, 0.25) is 0 Å². The number of halogens is 3. The Morgan fingerprint density at radius 2 is 2.05 bits per heavy atom. The fourth-order valence-electron chi connectivity index (χ4n) is 4.60. The minimum absolute atomic E-state index is 0.204. The van der Waals surface area contributed by atoms with Gasteiger partial charge in [0.25, 0.3) is 0 Å². The molecule has 2 unspecified atom stereocenters. The molecule has 0 spiro atoms. The largest absolute Gasteiger partial charge is 0.444 e. The molecule has 204 valence electrons. The molecule has 1 aliphatic rings. The van der Waals surface area contributed by atoms with Crippen molar-refractivity contribution >= 4 is 47.1 Å². The number of hydrogen-bond acceptors (Lipinski definition) is 4. The molecular formula is C30H30F2IN3O2S. The van der Waals surface area contributed by atoms with E-state index in [2.05, 4.69) is 51.1 Å². The average Bonchev–Trinajstić information content (AvgIpc) is 3.29. The molecule has 1 aliphatic heterocycles. The van der Waals surface area contributed by atoms with Crippen LogP contribution < -0.4 is 0 Å². The van der Waals surface area contributed by atoms with Gasteiger partial charge in [-0.25, -0.2) is 13.6 Å². The lowest BCUT2D eigenvalue weighted by atomic mass is 9.82. The van der Waals surface area contributed by atoms with E-state index in [1.807, 2.05) is 45.2 Å². The second-order valence-electron chi connectivity index (χ2n) is 10.9. The molecule has 9 heteroatoms. The molecule has 0 aliphatic carbocycles. The van der Waals surface area contributed by atoms with Crippen LogP contribution in [0, 0.1) is 40.1 Å². The molecular weight excluding hydrogens is 631 g/mol. The monoisotopic (exact) mass is 661 g/mol. The Labute approximate surface area is 244 Å². The molecule has 1 aromatic heterocycles. The van der Waals surface area contributed by atoms with Gasteiger partial charge >= 0.3 is 6.09 Å². The number of ether oxygens (including phenoxy) is 1. The van der Waals surface area contributed by atoms with Crippen LogP contribution in [0.25, 0.3) is 10.9 Å². The normalized spacial score (nSPS) is 18.1. The predicted molar refractivity (Wildman–Crippen MR) is 160 cm³/mol. The first kappa shape index (κ1) is 29.2. The van der Waals surface area contributed by atoms with Crippen molar-refractivity contribution in [2.75, 3.05) is 13.1 Å². The molecule has 2 atom stereocenters. The van der Waals surface area contributed by atoms with E-state index in [-0.39, 0.29) is 23.5 Å². The SMILES string of the molecule is CC1(C#Cc2ccc3cn(C(CC#CSI)c4cc(F)ccc4F)nc3c2)CCCN(C(=O)OC(C)(C)C)C1. The van der Waals surface area contributed by atoms with E-state index in [4.69, 9.17) is 9.84 Å². The van der Waals surface area contributed by atoms with Gasteiger partial charge in [0.2, 0.25) is 0 Å². The molecule has 0 bridgehead atoms. The summed E-state index contributed by atoms with van der Waals surface area (Å²) in [4.78, 5) is 14.3. The smallest absolute Gasteiger partial charge is 0.410 e. The molecule has 2 heterocycles. The van der Waals surface area contributed by atoms with Crippen molar-refractivity contribution in [3.63, 3.8) is 0 Å². The first-order chi connectivity index (χ1) is 18.5. The zero-order valence-electron chi connectivity index (χ0n) is 22.4. The highest BCUT2D eigenvalue weighted by Crippen LogP contribution is 2.31. The Morgan fingerprint density at radius 1 is 1.26 bits per heavy atom. The van der Waals surface area contributed by atoms with Crippen molar-refractivity contribution in [1.29, 1.82) is 0 Å². The van der Waals surface area contributed by atoms with Crippen LogP contribution >= 0.6 is 30.1 Å². The fourth-order valence-corrected chi connectivity index (χ4v) is 5.21. The number of rotatable bonds is 3. The van der Waals surface area contributed by atoms with Gasteiger partial charge in [-0.15, -0.1) is 0 Å². The summed E-state index contributed by atoms with van der Waals surface area (Å²) in [7, 11) is 1.34. The zero-order chi connectivity index (χ0) is 28.2. The molecule has 1 fully saturated rings. The maximum Gasteiger partial charge on any atom is 0.410 e. The number of nitrogens with zero attached hydrogens (tertiary/aromatic N) is 3. The maximum atomic E-state index is 14.7. The summed E-state index contributed by atoms with van der Waals surface area (Å²) >= 11 is 2.07. The highest BCUT2D eigenvalue weighted by molar-refractivity contribution is 14.2. The minimum atomic E-state index is -0.585. The summed E-state index contributed by atoms with van der Waals surface area (Å²) in [5.41, 5.74) is 0.784. The van der Waals surface area contributed by atoms with Crippen molar-refractivity contribution in [1.82, 2.24) is 14.7 Å². The van der Waals surface area contributed by atoms with E-state index < -0.39 is 23.3 Å². The molecule has 0 radical (unpaired) electrons. The molecule has 5 nitrogen and oxygen atoms in total. The minimum Gasteiger partial charge on any atom is -0.444 e. The third kappa shape index (κ3) is 7.67. The Balaban J connectivity index is 1.59. The van der Waals surface area contributed by atoms with Gasteiger partial charge in [0.1, 0.15) is 17.2 Å². The maximum absolute atomic E-state index is 14.7. The molecule has 0 N–H and O–H groups in total. The van der Waals surface area contributed by atoms with E-state index in [0.29, 0.717) is 18.6 Å². The van der Waals surface area contributed by atoms with Crippen molar-refractivity contribution in [3.8, 4) is 23.0 Å². The number of aromatic nitrogens is 2. The Morgan fingerprint density at radius 3 is 2.79 bits per heavy atom. The summed E-state index contributed by atoms with van der Waals surface area (Å²) < 4.78 is 35.9. The van der Waals surface area contributed by atoms with Crippen molar-refractivity contribution in [2.24, 2.45) is 5.41 Å². The Hall–Kier alpha value is -2.76. The first-order valence-corrected chi connectivity index (χ1v) is 16.0. The van der Waals surface area contributed by atoms with Crippen LogP contribution in [0.3, 0.4) is 0 Å². The molecule has 3 aromatic rings. The van der Waals surface area contributed by atoms with Crippen LogP contribution in [0.1, 0.15) is 64.1 Å². The second kappa shape index (κ2) is 12.2. The quantitative estimate of drug-likeness (QED) is 0.213. The van der Waals surface area contributed by atoms with Gasteiger partial charge < -0.3 is 9.64 Å². The van der Waals surface area contributed by atoms with Crippen molar-refractivity contribution < 1.29 is 18.3 Å². The number of carbonyl (C=O) groups is 1. The lowest BCUT2D eigenvalue weighted by molar-refractivity contribution is 0.0129. The number of fused-ring (bicyclic) bond motifs is 1. The summed E-state index contributed by atoms with van der Waals surface area (Å²) in [5.74, 6) is 8.66. The van der Waals surface area contributed by atoms with Crippen LogP contribution in [-0.2, 0) is 4.74 Å². The van der Waals surface area contributed by atoms with E-state index in [9.17, 15) is 13.6 Å². The van der Waals surface area contributed by atoms with Crippen LogP contribution in [0.15, 0.2) is 42.6 Å². The standard InChI is InChI=1S/C30H30F2IN3O2S/c1-29(2,3)38-28(37)35-15-6-13-30(4,20-35)14-12-21-8-9-22-19-36(34-26(22)17-21)27(7-5-16-39-33)24-18-23(31)10-11-25(24)32/h8-11,17-19,27H,6-7,13,15,20H2,1-4H3. The van der Waals surface area contributed by atoms with Gasteiger partial charge in [0.05, 0.1) is 11.6 Å². The van der Waals surface area contributed by atoms with Crippen LogP contribution in [0.5, 0.6) is 0 Å². The number of hydrogen-bond donors (Lipinski definition) is 0. The lowest BCUT2D eigenvalue weighted by Gasteiger charge is -2.37. The Kier molecular flexibility index (Phi) is 9.13. The van der Waals surface area contributed by atoms with Crippen molar-refractivity contribution in [2.45, 2.75) is 58.6 Å². The van der Waals surface area contributed by atoms with Gasteiger partial charge in [0.15, 0.2) is 0 Å². The second-order valence-corrected chi connectivity index (χ2v) is 12.6. The third-order valence-electron chi connectivity index (χ3n) is 6.42. The first-order valence-electron chi connectivity index (χ1n) is 12.7. The summed E-state index contributed by atoms with van der Waals surface area (Å²) in [6.07, 6.45) is 3.53. The average molecular weight is 662 g/mol. The molecule has 4 rings (SSSR count). The lowest BCUT2D eigenvalue weighted by Crippen LogP contribution is -2.46. The van der Waals surface area contributed by atoms with Gasteiger partial charge in [0, 0.05) is 68.8 Å². The van der Waals surface area contributed by atoms with Crippen LogP contribution in [0.4, 0.5) is 13.6 Å². The molecule has 1 amide bonds. The molecule has 1 saturated heterocycles. The summed E-state index contributed by atoms with van der Waals surface area (Å²) in [6.45, 7) is 8.81. The highest BCUT2D eigenvalue weighted by atomic mass is 127. The van der Waals surface area contributed by atoms with Gasteiger partial charge in [-0.3, -0.25) is 4.68 Å². The molecule has 2 aromatic carbocycles. The molecule has 39 heavy (non-hydrogen) atoms. The summed E-state index contributed by atoms with van der Waals surface area (Å²) in [6, 6.07) is 8.58. The highest BCUT2D eigenvalue weighted by Gasteiger charge is 2.34. The topological polar surface area (TPSA) is 47.4 Å². The fraction of sp³-hybridized carbons (Fsp3) is 0.400. The summed E-state index contributed by atoms with van der Waals surface area (Å²) in [5, 5.41) is 8.47. The van der Waals surface area contributed by atoms with Crippen LogP contribution in [-0.4, -0.2) is 39.5 Å². The molecule has 0 saturated carbocycles. The number of amides is 1. The van der Waals surface area contributed by atoms with Gasteiger partial charge in [-0.1, -0.05) is 17.8 Å². The predicted octanol–water partition coefficient (Wildman–Crippen LogP) is 7.73. The van der Waals surface area contributed by atoms with E-state index >= 15 is 0 Å². The van der Waals surface area contributed by atoms with Gasteiger partial charge in [-0.05, 0) is 91.1 Å². The number of carbonyl (C=O) groups excluding carboxylic acids is 1. The number of piperidine rings is 1. The number of benzene rings is 2. The van der Waals surface area contributed by atoms with E-state index in [1.54, 1.807) is 9.58 Å². The number of likely N-dealkylation sites (tertiary alicyclic amines) is 1. The van der Waals surface area contributed by atoms with Crippen molar-refractivity contribution in [3.05, 3.63) is 65.4 Å². The van der Waals surface area contributed by atoms with E-state index in [0.717, 1.165) is 35.9 Å².